The Bertz CT molecular complexity index is 303. The maximum Gasteiger partial charge on any atom is 0.372 e. The van der Waals surface area contributed by atoms with Gasteiger partial charge >= 0.3 is 5.97 Å². The number of carboxylic acids is 1. The predicted octanol–water partition coefficient (Wildman–Crippen LogP) is 0.174. The minimum atomic E-state index is -1.55. The Morgan fingerprint density at radius 1 is 0.750 bits per heavy atom. The molecule has 0 aromatic rings. The molecule has 90 valence electrons. The standard InChI is InChI=1S/C5H6O4.C5H8O2/c1-3(6)2-4(7)5(8)9;1-4(6)3-5(2)7/h2H2,1H3,(H,8,9);3H2,1-2H3. The van der Waals surface area contributed by atoms with E-state index in [0.29, 0.717) is 0 Å². The molecule has 0 rings (SSSR count). The van der Waals surface area contributed by atoms with Crippen LogP contribution in [0.15, 0.2) is 0 Å². The predicted molar refractivity (Wildman–Crippen MR) is 53.9 cm³/mol. The zero-order valence-electron chi connectivity index (χ0n) is 9.40. The maximum atomic E-state index is 10.1. The second-order valence-electron chi connectivity index (χ2n) is 3.19. The van der Waals surface area contributed by atoms with Crippen LogP contribution in [0.3, 0.4) is 0 Å². The van der Waals surface area contributed by atoms with Crippen LogP contribution in [0.2, 0.25) is 0 Å². The zero-order valence-corrected chi connectivity index (χ0v) is 9.40. The van der Waals surface area contributed by atoms with Crippen LogP contribution in [0.5, 0.6) is 0 Å². The highest BCUT2D eigenvalue weighted by Gasteiger charge is 2.12. The van der Waals surface area contributed by atoms with Crippen LogP contribution in [0.1, 0.15) is 33.6 Å². The minimum absolute atomic E-state index is 0.0625. The first-order valence-corrected chi connectivity index (χ1v) is 4.41. The third kappa shape index (κ3) is 14.7. The van der Waals surface area contributed by atoms with E-state index < -0.39 is 24.0 Å². The third-order valence-electron chi connectivity index (χ3n) is 1.15. The average Bonchev–Trinajstić information content (AvgIpc) is 2.00. The molecular weight excluding hydrogens is 216 g/mol. The van der Waals surface area contributed by atoms with Crippen LogP contribution in [-0.4, -0.2) is 34.2 Å². The summed E-state index contributed by atoms with van der Waals surface area (Å²) in [7, 11) is 0. The third-order valence-corrected chi connectivity index (χ3v) is 1.15. The van der Waals surface area contributed by atoms with Crippen molar-refractivity contribution in [1.82, 2.24) is 0 Å². The molecule has 0 fully saturated rings. The van der Waals surface area contributed by atoms with Crippen molar-refractivity contribution in [3.63, 3.8) is 0 Å². The number of hydrogen-bond donors (Lipinski definition) is 1. The van der Waals surface area contributed by atoms with Crippen molar-refractivity contribution >= 4 is 29.1 Å². The van der Waals surface area contributed by atoms with E-state index in [1.807, 2.05) is 0 Å². The van der Waals surface area contributed by atoms with E-state index in [9.17, 15) is 24.0 Å². The molecule has 0 bridgehead atoms. The molecule has 0 aromatic heterocycles. The summed E-state index contributed by atoms with van der Waals surface area (Å²) in [5.74, 6) is -3.16. The van der Waals surface area contributed by atoms with Gasteiger partial charge in [-0.1, -0.05) is 0 Å². The Morgan fingerprint density at radius 3 is 1.12 bits per heavy atom. The van der Waals surface area contributed by atoms with Gasteiger partial charge in [0.1, 0.15) is 17.3 Å². The first-order valence-electron chi connectivity index (χ1n) is 4.41. The zero-order chi connectivity index (χ0) is 13.3. The van der Waals surface area contributed by atoms with E-state index in [1.165, 1.54) is 20.8 Å². The Balaban J connectivity index is 0. The molecule has 0 aliphatic carbocycles. The monoisotopic (exact) mass is 230 g/mol. The summed E-state index contributed by atoms with van der Waals surface area (Å²) in [4.78, 5) is 50.0. The minimum Gasteiger partial charge on any atom is -0.475 e. The topological polar surface area (TPSA) is 106 Å². The molecule has 0 spiro atoms. The summed E-state index contributed by atoms with van der Waals surface area (Å²) in [6.45, 7) is 3.98. The van der Waals surface area contributed by atoms with Crippen LogP contribution in [0.4, 0.5) is 0 Å². The second kappa shape index (κ2) is 8.46. The Morgan fingerprint density at radius 2 is 1.06 bits per heavy atom. The van der Waals surface area contributed by atoms with Gasteiger partial charge in [-0.25, -0.2) is 4.79 Å². The van der Waals surface area contributed by atoms with Crippen molar-refractivity contribution in [3.05, 3.63) is 0 Å². The van der Waals surface area contributed by atoms with Gasteiger partial charge in [-0.15, -0.1) is 0 Å². The SMILES string of the molecule is CC(=O)CC(=O)C(=O)O.CC(=O)CC(C)=O. The van der Waals surface area contributed by atoms with E-state index in [-0.39, 0.29) is 18.0 Å². The van der Waals surface area contributed by atoms with Crippen LogP contribution in [0, 0.1) is 0 Å². The highest BCUT2D eigenvalue weighted by molar-refractivity contribution is 6.36. The van der Waals surface area contributed by atoms with Crippen molar-refractivity contribution in [2.24, 2.45) is 0 Å². The number of ketones is 4. The van der Waals surface area contributed by atoms with Gasteiger partial charge in [0.05, 0.1) is 12.8 Å². The number of hydrogen-bond acceptors (Lipinski definition) is 5. The van der Waals surface area contributed by atoms with Crippen LogP contribution < -0.4 is 0 Å². The van der Waals surface area contributed by atoms with E-state index in [0.717, 1.165) is 0 Å². The summed E-state index contributed by atoms with van der Waals surface area (Å²) >= 11 is 0. The summed E-state index contributed by atoms with van der Waals surface area (Å²) in [6.07, 6.45) is -0.421. The van der Waals surface area contributed by atoms with Crippen molar-refractivity contribution < 1.29 is 29.1 Å². The molecule has 0 saturated heterocycles. The van der Waals surface area contributed by atoms with Gasteiger partial charge in [-0.3, -0.25) is 19.2 Å². The number of Topliss-reactive ketones (excluding diaryl/α,β-unsaturated/α-hetero) is 4. The maximum absolute atomic E-state index is 10.1. The fourth-order valence-corrected chi connectivity index (χ4v) is 0.652. The lowest BCUT2D eigenvalue weighted by Gasteiger charge is -1.86. The number of carboxylic acid groups (broad SMARTS) is 1. The second-order valence-corrected chi connectivity index (χ2v) is 3.19. The van der Waals surface area contributed by atoms with Gasteiger partial charge in [0, 0.05) is 0 Å². The highest BCUT2D eigenvalue weighted by atomic mass is 16.4. The number of rotatable bonds is 5. The highest BCUT2D eigenvalue weighted by Crippen LogP contribution is 1.83. The molecule has 1 N–H and O–H groups in total. The molecule has 0 saturated carbocycles. The molecule has 0 atom stereocenters. The number of aliphatic carboxylic acids is 1. The van der Waals surface area contributed by atoms with Crippen molar-refractivity contribution in [3.8, 4) is 0 Å². The summed E-state index contributed by atoms with van der Waals surface area (Å²) in [5, 5.41) is 7.93. The smallest absolute Gasteiger partial charge is 0.372 e. The number of carbonyl (C=O) groups excluding carboxylic acids is 4. The fourth-order valence-electron chi connectivity index (χ4n) is 0.652. The average molecular weight is 230 g/mol. The quantitative estimate of drug-likeness (QED) is 0.533. The van der Waals surface area contributed by atoms with E-state index in [4.69, 9.17) is 5.11 Å². The molecule has 16 heavy (non-hydrogen) atoms. The Hall–Kier alpha value is -1.85. The molecule has 0 aliphatic rings. The molecule has 0 aliphatic heterocycles. The normalized spacial score (nSPS) is 8.44. The lowest BCUT2D eigenvalue weighted by atomic mass is 10.2. The van der Waals surface area contributed by atoms with E-state index >= 15 is 0 Å². The Labute approximate surface area is 92.6 Å². The van der Waals surface area contributed by atoms with Crippen molar-refractivity contribution in [2.75, 3.05) is 0 Å². The lowest BCUT2D eigenvalue weighted by molar-refractivity contribution is -0.150. The largest absolute Gasteiger partial charge is 0.475 e. The first kappa shape index (κ1) is 16.6. The van der Waals surface area contributed by atoms with Gasteiger partial charge in [-0.05, 0) is 20.8 Å². The summed E-state index contributed by atoms with van der Waals surface area (Å²) < 4.78 is 0. The van der Waals surface area contributed by atoms with E-state index in [2.05, 4.69) is 0 Å². The molecule has 0 unspecified atom stereocenters. The van der Waals surface area contributed by atoms with Gasteiger partial charge in [0.15, 0.2) is 0 Å². The van der Waals surface area contributed by atoms with Crippen molar-refractivity contribution in [1.29, 1.82) is 0 Å². The van der Waals surface area contributed by atoms with E-state index in [1.54, 1.807) is 0 Å². The molecule has 0 heterocycles. The fraction of sp³-hybridized carbons (Fsp3) is 0.500. The van der Waals surface area contributed by atoms with Crippen LogP contribution in [0.25, 0.3) is 0 Å². The van der Waals surface area contributed by atoms with Crippen LogP contribution in [-0.2, 0) is 24.0 Å². The van der Waals surface area contributed by atoms with Gasteiger partial charge in [0.25, 0.3) is 0 Å². The lowest BCUT2D eigenvalue weighted by Crippen LogP contribution is -2.15. The molecular formula is C10H14O6. The summed E-state index contributed by atoms with van der Waals surface area (Å²) in [6, 6.07) is 0. The molecule has 0 aromatic carbocycles. The molecule has 6 heteroatoms. The first-order chi connectivity index (χ1) is 7.16. The molecule has 6 nitrogen and oxygen atoms in total. The summed E-state index contributed by atoms with van der Waals surface area (Å²) in [5.41, 5.74) is 0. The van der Waals surface area contributed by atoms with Gasteiger partial charge < -0.3 is 5.11 Å². The number of carbonyl (C=O) groups is 5. The van der Waals surface area contributed by atoms with Crippen LogP contribution >= 0.6 is 0 Å². The Kier molecular flexibility index (Phi) is 8.76. The molecule has 0 amide bonds. The molecule has 0 radical (unpaired) electrons. The van der Waals surface area contributed by atoms with Gasteiger partial charge in [0.2, 0.25) is 5.78 Å². The van der Waals surface area contributed by atoms with Gasteiger partial charge in [-0.2, -0.15) is 0 Å². The van der Waals surface area contributed by atoms with Crippen molar-refractivity contribution in [2.45, 2.75) is 33.6 Å².